The minimum Gasteiger partial charge on any atom is -0.494 e. The zero-order valence-corrected chi connectivity index (χ0v) is 16.9. The molecule has 4 heterocycles. The Bertz CT molecular complexity index is 1260. The number of aryl methyl sites for hydroxylation is 1. The van der Waals surface area contributed by atoms with E-state index < -0.39 is 6.23 Å². The van der Waals surface area contributed by atoms with Crippen molar-refractivity contribution >= 4 is 34.3 Å². The first-order chi connectivity index (χ1) is 14.6. The molecule has 1 fully saturated rings. The highest BCUT2D eigenvalue weighted by Gasteiger charge is 2.26. The topological polar surface area (TPSA) is 101 Å². The van der Waals surface area contributed by atoms with Gasteiger partial charge in [0.25, 0.3) is 0 Å². The van der Waals surface area contributed by atoms with Gasteiger partial charge in [0, 0.05) is 52.7 Å². The van der Waals surface area contributed by atoms with Crippen LogP contribution in [0.15, 0.2) is 54.0 Å². The zero-order valence-electron chi connectivity index (χ0n) is 16.2. The highest BCUT2D eigenvalue weighted by atomic mass is 35.5. The lowest BCUT2D eigenvalue weighted by molar-refractivity contribution is 0.201. The summed E-state index contributed by atoms with van der Waals surface area (Å²) in [5.41, 5.74) is 10.3. The highest BCUT2D eigenvalue weighted by molar-refractivity contribution is 6.30. The van der Waals surface area contributed by atoms with Crippen molar-refractivity contribution in [3.05, 3.63) is 59.6 Å². The second kappa shape index (κ2) is 7.36. The van der Waals surface area contributed by atoms with Crippen LogP contribution < -0.4 is 15.6 Å². The predicted octanol–water partition coefficient (Wildman–Crippen LogP) is 3.44. The number of pyridine rings is 1. The number of fused-ring (bicyclic) bond motifs is 1. The predicted molar refractivity (Wildman–Crippen MR) is 113 cm³/mol. The van der Waals surface area contributed by atoms with Crippen LogP contribution in [0, 0.1) is 0 Å². The summed E-state index contributed by atoms with van der Waals surface area (Å²) in [4.78, 5) is 12.2. The smallest absolute Gasteiger partial charge is 0.306 e. The van der Waals surface area contributed by atoms with Gasteiger partial charge in [-0.05, 0) is 24.3 Å². The van der Waals surface area contributed by atoms with Crippen molar-refractivity contribution in [3.63, 3.8) is 0 Å². The number of amidine groups is 1. The molecule has 0 spiro atoms. The summed E-state index contributed by atoms with van der Waals surface area (Å²) in [5.74, 6) is 0.596. The molecule has 1 aromatic carbocycles. The Labute approximate surface area is 176 Å². The molecule has 0 bridgehead atoms. The van der Waals surface area contributed by atoms with E-state index in [0.717, 1.165) is 27.7 Å². The SMILES string of the molecule is COc1ccc(Cl)cc1N=C1NNC(c2c[nH]c3ncc(-c4cnn(C)c4)cc23)O1. The molecule has 5 rings (SSSR count). The van der Waals surface area contributed by atoms with Gasteiger partial charge in [0.15, 0.2) is 6.23 Å². The Hall–Kier alpha value is -3.56. The summed E-state index contributed by atoms with van der Waals surface area (Å²) in [7, 11) is 3.46. The van der Waals surface area contributed by atoms with Crippen LogP contribution in [0.25, 0.3) is 22.2 Å². The van der Waals surface area contributed by atoms with Crippen molar-refractivity contribution in [1.82, 2.24) is 30.6 Å². The van der Waals surface area contributed by atoms with Gasteiger partial charge in [0.05, 0.1) is 13.3 Å². The summed E-state index contributed by atoms with van der Waals surface area (Å²) in [6.45, 7) is 0. The summed E-state index contributed by atoms with van der Waals surface area (Å²) >= 11 is 6.08. The number of nitrogens with zero attached hydrogens (tertiary/aromatic N) is 4. The van der Waals surface area contributed by atoms with Gasteiger partial charge < -0.3 is 14.5 Å². The third-order valence-electron chi connectivity index (χ3n) is 4.79. The average Bonchev–Trinajstić information content (AvgIpc) is 3.47. The maximum atomic E-state index is 6.08. The molecule has 30 heavy (non-hydrogen) atoms. The maximum Gasteiger partial charge on any atom is 0.306 e. The van der Waals surface area contributed by atoms with Crippen molar-refractivity contribution in [3.8, 4) is 16.9 Å². The van der Waals surface area contributed by atoms with Gasteiger partial charge in [-0.15, -0.1) is 0 Å². The Balaban J connectivity index is 1.45. The molecule has 0 saturated carbocycles. The number of benzene rings is 1. The van der Waals surface area contributed by atoms with Gasteiger partial charge in [-0.25, -0.2) is 4.98 Å². The zero-order chi connectivity index (χ0) is 20.7. The van der Waals surface area contributed by atoms with Crippen LogP contribution in [0.2, 0.25) is 5.02 Å². The molecular weight excluding hydrogens is 406 g/mol. The number of rotatable bonds is 4. The first kappa shape index (κ1) is 18.5. The molecule has 152 valence electrons. The largest absolute Gasteiger partial charge is 0.494 e. The van der Waals surface area contributed by atoms with Crippen LogP contribution in [0.5, 0.6) is 5.75 Å². The van der Waals surface area contributed by atoms with Crippen LogP contribution in [0.1, 0.15) is 11.8 Å². The summed E-state index contributed by atoms with van der Waals surface area (Å²) < 4.78 is 13.1. The molecule has 3 N–H and O–H groups in total. The molecular formula is C20H18ClN7O2. The molecule has 1 atom stereocenters. The van der Waals surface area contributed by atoms with E-state index in [9.17, 15) is 0 Å². The molecule has 1 saturated heterocycles. The first-order valence-electron chi connectivity index (χ1n) is 9.17. The Morgan fingerprint density at radius 3 is 2.93 bits per heavy atom. The molecule has 0 amide bonds. The molecule has 10 heteroatoms. The van der Waals surface area contributed by atoms with E-state index in [4.69, 9.17) is 21.1 Å². The van der Waals surface area contributed by atoms with Crippen molar-refractivity contribution in [2.75, 3.05) is 7.11 Å². The van der Waals surface area contributed by atoms with E-state index in [1.807, 2.05) is 31.8 Å². The number of aromatic amines is 1. The first-order valence-corrected chi connectivity index (χ1v) is 9.55. The normalized spacial score (nSPS) is 17.3. The van der Waals surface area contributed by atoms with E-state index in [-0.39, 0.29) is 0 Å². The minimum absolute atomic E-state index is 0.311. The fraction of sp³-hybridized carbons (Fsp3) is 0.150. The third-order valence-corrected chi connectivity index (χ3v) is 5.02. The number of hydrazine groups is 1. The van der Waals surface area contributed by atoms with Gasteiger partial charge >= 0.3 is 6.02 Å². The van der Waals surface area contributed by atoms with Crippen LogP contribution in [-0.4, -0.2) is 32.9 Å². The fourth-order valence-corrected chi connectivity index (χ4v) is 3.49. The van der Waals surface area contributed by atoms with Crippen molar-refractivity contribution in [2.24, 2.45) is 12.0 Å². The number of hydrogen-bond donors (Lipinski definition) is 3. The summed E-state index contributed by atoms with van der Waals surface area (Å²) in [6.07, 6.45) is 6.99. The van der Waals surface area contributed by atoms with Crippen LogP contribution in [0.3, 0.4) is 0 Å². The number of hydrogen-bond acceptors (Lipinski definition) is 6. The summed E-state index contributed by atoms with van der Waals surface area (Å²) in [5, 5.41) is 5.73. The molecule has 1 unspecified atom stereocenters. The minimum atomic E-state index is -0.450. The summed E-state index contributed by atoms with van der Waals surface area (Å²) in [6, 6.07) is 7.58. The molecule has 1 aliphatic heterocycles. The molecule has 9 nitrogen and oxygen atoms in total. The number of aromatic nitrogens is 4. The highest BCUT2D eigenvalue weighted by Crippen LogP contribution is 2.32. The molecule has 0 radical (unpaired) electrons. The maximum absolute atomic E-state index is 6.08. The van der Waals surface area contributed by atoms with Gasteiger partial charge in [0.2, 0.25) is 0 Å². The number of ether oxygens (including phenoxy) is 2. The van der Waals surface area contributed by atoms with Gasteiger partial charge in [0.1, 0.15) is 17.1 Å². The van der Waals surface area contributed by atoms with Crippen LogP contribution in [-0.2, 0) is 11.8 Å². The standard InChI is InChI=1S/C20H18ClN7O2/c1-28-10-12(8-24-28)11-5-14-15(9-23-18(14)22-7-11)19-26-27-20(30-19)25-16-6-13(21)3-4-17(16)29-2/h3-10,19,26H,1-2H3,(H,22,23)(H,25,27). The van der Waals surface area contributed by atoms with Gasteiger partial charge in [-0.1, -0.05) is 11.6 Å². The van der Waals surface area contributed by atoms with E-state index in [0.29, 0.717) is 22.5 Å². The molecule has 1 aliphatic rings. The Kier molecular flexibility index (Phi) is 4.53. The van der Waals surface area contributed by atoms with Crippen LogP contribution >= 0.6 is 11.6 Å². The van der Waals surface area contributed by atoms with Gasteiger partial charge in [-0.2, -0.15) is 15.5 Å². The molecule has 4 aromatic rings. The number of methoxy groups -OCH3 is 1. The Morgan fingerprint density at radius 2 is 2.13 bits per heavy atom. The number of H-pyrrole nitrogens is 1. The number of aliphatic imine (C=N–C) groups is 1. The number of halogens is 1. The Morgan fingerprint density at radius 1 is 1.23 bits per heavy atom. The van der Waals surface area contributed by atoms with E-state index >= 15 is 0 Å². The molecule has 3 aromatic heterocycles. The average molecular weight is 424 g/mol. The van der Waals surface area contributed by atoms with Crippen molar-refractivity contribution in [1.29, 1.82) is 0 Å². The lowest BCUT2D eigenvalue weighted by Gasteiger charge is -2.08. The second-order valence-corrected chi connectivity index (χ2v) is 7.20. The van der Waals surface area contributed by atoms with Crippen molar-refractivity contribution in [2.45, 2.75) is 6.23 Å². The quantitative estimate of drug-likeness (QED) is 0.465. The third kappa shape index (κ3) is 3.34. The lowest BCUT2D eigenvalue weighted by atomic mass is 10.1. The van der Waals surface area contributed by atoms with Gasteiger partial charge in [-0.3, -0.25) is 10.1 Å². The monoisotopic (exact) mass is 423 g/mol. The fourth-order valence-electron chi connectivity index (χ4n) is 3.32. The molecule has 0 aliphatic carbocycles. The van der Waals surface area contributed by atoms with E-state index in [1.165, 1.54) is 0 Å². The van der Waals surface area contributed by atoms with E-state index in [1.54, 1.807) is 30.0 Å². The lowest BCUT2D eigenvalue weighted by Crippen LogP contribution is -2.27. The van der Waals surface area contributed by atoms with Crippen LogP contribution in [0.4, 0.5) is 5.69 Å². The number of nitrogens with one attached hydrogen (secondary N) is 3. The van der Waals surface area contributed by atoms with Crippen molar-refractivity contribution < 1.29 is 9.47 Å². The van der Waals surface area contributed by atoms with E-state index in [2.05, 4.69) is 37.0 Å². The second-order valence-electron chi connectivity index (χ2n) is 6.77.